The Bertz CT molecular complexity index is 1200. The Kier molecular flexibility index (Phi) is 6.95. The van der Waals surface area contributed by atoms with Gasteiger partial charge in [-0.25, -0.2) is 14.5 Å². The minimum Gasteiger partial charge on any atom is -0.449 e. The summed E-state index contributed by atoms with van der Waals surface area (Å²) < 4.78 is 5.20. The topological polar surface area (TPSA) is 122 Å². The van der Waals surface area contributed by atoms with Crippen LogP contribution in [-0.4, -0.2) is 41.9 Å². The first kappa shape index (κ1) is 24.1. The number of amides is 5. The van der Waals surface area contributed by atoms with Gasteiger partial charge >= 0.3 is 12.0 Å². The lowest BCUT2D eigenvalue weighted by atomic mass is 9.96. The van der Waals surface area contributed by atoms with Crippen molar-refractivity contribution in [3.05, 3.63) is 64.7 Å². The molecule has 1 saturated carbocycles. The number of rotatable bonds is 5. The maximum Gasteiger partial charge on any atom is 0.338 e. The molecule has 1 fully saturated rings. The lowest BCUT2D eigenvalue weighted by Crippen LogP contribution is -2.48. The molecule has 0 spiro atoms. The largest absolute Gasteiger partial charge is 0.449 e. The third-order valence-electron chi connectivity index (χ3n) is 6.31. The molecule has 2 N–H and O–H groups in total. The van der Waals surface area contributed by atoms with Crippen LogP contribution >= 0.6 is 0 Å². The van der Waals surface area contributed by atoms with Crippen molar-refractivity contribution in [2.24, 2.45) is 0 Å². The van der Waals surface area contributed by atoms with Gasteiger partial charge in [0.1, 0.15) is 0 Å². The van der Waals surface area contributed by atoms with E-state index in [4.69, 9.17) is 4.74 Å². The number of urea groups is 1. The van der Waals surface area contributed by atoms with Crippen molar-refractivity contribution in [2.45, 2.75) is 58.1 Å². The Balaban J connectivity index is 1.40. The molecule has 1 atom stereocenters. The summed E-state index contributed by atoms with van der Waals surface area (Å²) in [6, 6.07) is 10.5. The summed E-state index contributed by atoms with van der Waals surface area (Å²) in [5, 5.41) is 4.96. The molecule has 1 unspecified atom stereocenters. The van der Waals surface area contributed by atoms with Crippen LogP contribution in [0.3, 0.4) is 0 Å². The van der Waals surface area contributed by atoms with Crippen molar-refractivity contribution >= 4 is 35.4 Å². The van der Waals surface area contributed by atoms with E-state index in [1.54, 1.807) is 25.1 Å². The summed E-state index contributed by atoms with van der Waals surface area (Å²) in [4.78, 5) is 64.0. The number of aryl methyl sites for hydroxylation is 1. The normalized spacial score (nSPS) is 16.5. The second-order valence-corrected chi connectivity index (χ2v) is 8.84. The molecule has 182 valence electrons. The molecule has 9 nitrogen and oxygen atoms in total. The van der Waals surface area contributed by atoms with Crippen molar-refractivity contribution in [1.29, 1.82) is 0 Å². The zero-order valence-electron chi connectivity index (χ0n) is 19.6. The van der Waals surface area contributed by atoms with Gasteiger partial charge in [-0.05, 0) is 56.5 Å². The van der Waals surface area contributed by atoms with Crippen LogP contribution in [0.4, 0.5) is 10.5 Å². The van der Waals surface area contributed by atoms with E-state index >= 15 is 0 Å². The molecule has 1 aliphatic heterocycles. The molecule has 35 heavy (non-hydrogen) atoms. The van der Waals surface area contributed by atoms with Gasteiger partial charge in [0, 0.05) is 6.04 Å². The van der Waals surface area contributed by atoms with Crippen LogP contribution in [0.5, 0.6) is 0 Å². The minimum atomic E-state index is -1.24. The quantitative estimate of drug-likeness (QED) is 0.502. The van der Waals surface area contributed by atoms with Crippen LogP contribution in [-0.2, 0) is 9.53 Å². The number of esters is 1. The predicted octanol–water partition coefficient (Wildman–Crippen LogP) is 3.50. The lowest BCUT2D eigenvalue weighted by molar-refractivity contribution is -0.127. The molecule has 2 aliphatic rings. The molecular weight excluding hydrogens is 450 g/mol. The summed E-state index contributed by atoms with van der Waals surface area (Å²) in [6.07, 6.45) is 3.70. The van der Waals surface area contributed by atoms with E-state index in [-0.39, 0.29) is 22.7 Å². The van der Waals surface area contributed by atoms with Crippen molar-refractivity contribution < 1.29 is 28.7 Å². The summed E-state index contributed by atoms with van der Waals surface area (Å²) >= 11 is 0. The number of nitrogens with one attached hydrogen (secondary N) is 2. The highest BCUT2D eigenvalue weighted by atomic mass is 16.5. The molecule has 1 heterocycles. The van der Waals surface area contributed by atoms with Crippen molar-refractivity contribution in [2.75, 3.05) is 4.90 Å². The number of carbonyl (C=O) groups is 5. The maximum absolute atomic E-state index is 13.0. The molecule has 5 amide bonds. The molecule has 0 bridgehead atoms. The highest BCUT2D eigenvalue weighted by Gasteiger charge is 2.38. The van der Waals surface area contributed by atoms with Crippen LogP contribution in [0.2, 0.25) is 0 Å². The van der Waals surface area contributed by atoms with E-state index in [9.17, 15) is 24.0 Å². The minimum absolute atomic E-state index is 0.0165. The second kappa shape index (κ2) is 10.1. The van der Waals surface area contributed by atoms with Crippen molar-refractivity contribution in [3.8, 4) is 0 Å². The number of nitrogens with zero attached hydrogens (tertiary/aromatic N) is 1. The zero-order chi connectivity index (χ0) is 25.1. The van der Waals surface area contributed by atoms with Gasteiger partial charge in [0.25, 0.3) is 17.7 Å². The van der Waals surface area contributed by atoms with Crippen LogP contribution in [0.1, 0.15) is 75.7 Å². The standard InChI is InChI=1S/C26H27N3O6/c1-15-8-6-7-11-21(15)29-23(31)19-13-12-17(14-20(19)24(29)32)25(33)35-16(2)22(30)28-26(34)27-18-9-4-3-5-10-18/h6-8,11-14,16,18H,3-5,9-10H2,1-2H3,(H2,27,28,30,34). The molecule has 2 aromatic carbocycles. The van der Waals surface area contributed by atoms with Crippen LogP contribution in [0, 0.1) is 6.92 Å². The third-order valence-corrected chi connectivity index (χ3v) is 6.31. The highest BCUT2D eigenvalue weighted by Crippen LogP contribution is 2.31. The van der Waals surface area contributed by atoms with Gasteiger partial charge in [-0.1, -0.05) is 37.5 Å². The van der Waals surface area contributed by atoms with Gasteiger partial charge in [-0.2, -0.15) is 0 Å². The molecule has 0 radical (unpaired) electrons. The fourth-order valence-electron chi connectivity index (χ4n) is 4.36. The molecule has 9 heteroatoms. The van der Waals surface area contributed by atoms with Crippen LogP contribution in [0.25, 0.3) is 0 Å². The first-order chi connectivity index (χ1) is 16.8. The molecule has 0 saturated heterocycles. The summed E-state index contributed by atoms with van der Waals surface area (Å²) in [5.74, 6) is -2.63. The molecular formula is C26H27N3O6. The smallest absolute Gasteiger partial charge is 0.338 e. The van der Waals surface area contributed by atoms with Gasteiger partial charge in [0.15, 0.2) is 6.10 Å². The Morgan fingerprint density at radius 3 is 2.37 bits per heavy atom. The average Bonchev–Trinajstić information content (AvgIpc) is 3.09. The molecule has 0 aromatic heterocycles. The Hall–Kier alpha value is -4.01. The first-order valence-electron chi connectivity index (χ1n) is 11.7. The number of imide groups is 2. The van der Waals surface area contributed by atoms with E-state index in [0.29, 0.717) is 5.69 Å². The number of fused-ring (bicyclic) bond motifs is 1. The number of benzene rings is 2. The van der Waals surface area contributed by atoms with E-state index < -0.39 is 35.8 Å². The third kappa shape index (κ3) is 5.08. The summed E-state index contributed by atoms with van der Waals surface area (Å²) in [5.41, 5.74) is 1.51. The summed E-state index contributed by atoms with van der Waals surface area (Å²) in [6.45, 7) is 3.15. The fraction of sp³-hybridized carbons (Fsp3) is 0.346. The lowest BCUT2D eigenvalue weighted by Gasteiger charge is -2.23. The Morgan fingerprint density at radius 2 is 1.66 bits per heavy atom. The number of ether oxygens (including phenoxy) is 1. The van der Waals surface area contributed by atoms with Crippen LogP contribution in [0.15, 0.2) is 42.5 Å². The first-order valence-corrected chi connectivity index (χ1v) is 11.7. The number of para-hydroxylation sites is 1. The SMILES string of the molecule is Cc1ccccc1N1C(=O)c2ccc(C(=O)OC(C)C(=O)NC(=O)NC3CCCCC3)cc2C1=O. The Morgan fingerprint density at radius 1 is 0.971 bits per heavy atom. The number of carbonyl (C=O) groups excluding carboxylic acids is 5. The number of hydrogen-bond donors (Lipinski definition) is 2. The van der Waals surface area contributed by atoms with E-state index in [2.05, 4.69) is 10.6 Å². The van der Waals surface area contributed by atoms with Gasteiger partial charge < -0.3 is 10.1 Å². The van der Waals surface area contributed by atoms with Crippen LogP contribution < -0.4 is 15.5 Å². The van der Waals surface area contributed by atoms with E-state index in [1.165, 1.54) is 25.1 Å². The second-order valence-electron chi connectivity index (χ2n) is 8.84. The average molecular weight is 478 g/mol. The predicted molar refractivity (Wildman–Crippen MR) is 127 cm³/mol. The van der Waals surface area contributed by atoms with Gasteiger partial charge in [0.2, 0.25) is 0 Å². The monoisotopic (exact) mass is 477 g/mol. The van der Waals surface area contributed by atoms with Gasteiger partial charge in [-0.15, -0.1) is 0 Å². The maximum atomic E-state index is 13.0. The fourth-order valence-corrected chi connectivity index (χ4v) is 4.36. The zero-order valence-corrected chi connectivity index (χ0v) is 19.6. The summed E-state index contributed by atoms with van der Waals surface area (Å²) in [7, 11) is 0. The van der Waals surface area contributed by atoms with Crippen molar-refractivity contribution in [3.63, 3.8) is 0 Å². The molecule has 1 aliphatic carbocycles. The Labute approximate surface area is 202 Å². The highest BCUT2D eigenvalue weighted by molar-refractivity contribution is 6.35. The van der Waals surface area contributed by atoms with Gasteiger partial charge in [-0.3, -0.25) is 19.7 Å². The number of hydrogen-bond acceptors (Lipinski definition) is 6. The van der Waals surface area contributed by atoms with E-state index in [0.717, 1.165) is 42.6 Å². The number of anilines is 1. The van der Waals surface area contributed by atoms with Gasteiger partial charge in [0.05, 0.1) is 22.4 Å². The molecule has 2 aromatic rings. The van der Waals surface area contributed by atoms with E-state index in [1.807, 2.05) is 6.07 Å². The van der Waals surface area contributed by atoms with Crippen molar-refractivity contribution in [1.82, 2.24) is 10.6 Å². The molecule has 4 rings (SSSR count).